The molecular weight excluding hydrogens is 451 g/mol. The van der Waals surface area contributed by atoms with Crippen LogP contribution in [0.5, 0.6) is 5.75 Å². The number of methoxy groups -OCH3 is 1. The second kappa shape index (κ2) is 9.80. The molecule has 0 aliphatic carbocycles. The van der Waals surface area contributed by atoms with Crippen molar-refractivity contribution in [2.45, 2.75) is 4.90 Å². The number of anilines is 1. The Morgan fingerprint density at radius 1 is 1.20 bits per heavy atom. The van der Waals surface area contributed by atoms with Crippen LogP contribution in [0.1, 0.15) is 5.56 Å². The molecule has 3 rings (SSSR count). The van der Waals surface area contributed by atoms with E-state index in [1.54, 1.807) is 18.2 Å². The molecule has 0 atom stereocenters. The Balaban J connectivity index is 1.82. The third-order valence-electron chi connectivity index (χ3n) is 4.43. The summed E-state index contributed by atoms with van der Waals surface area (Å²) in [5.41, 5.74) is 0.814. The fraction of sp³-hybridized carbons (Fsp3) is 0.250. The molecule has 1 saturated heterocycles. The minimum atomic E-state index is -3.71. The fourth-order valence-corrected chi connectivity index (χ4v) is 4.68. The van der Waals surface area contributed by atoms with Gasteiger partial charge in [0, 0.05) is 19.2 Å². The number of hydrogen-bond donors (Lipinski definition) is 1. The number of carbonyl (C=O) groups is 1. The average molecular weight is 471 g/mol. The van der Waals surface area contributed by atoms with Gasteiger partial charge in [-0.25, -0.2) is 8.42 Å². The van der Waals surface area contributed by atoms with Crippen LogP contribution in [-0.2, 0) is 19.6 Å². The highest BCUT2D eigenvalue weighted by Gasteiger charge is 2.27. The normalized spacial score (nSPS) is 15.3. The van der Waals surface area contributed by atoms with Gasteiger partial charge in [0.25, 0.3) is 0 Å². The van der Waals surface area contributed by atoms with Gasteiger partial charge in [-0.15, -0.1) is 0 Å². The van der Waals surface area contributed by atoms with Crippen molar-refractivity contribution in [3.8, 4) is 5.75 Å². The third-order valence-corrected chi connectivity index (χ3v) is 7.16. The number of rotatable bonds is 6. The van der Waals surface area contributed by atoms with E-state index in [9.17, 15) is 13.2 Å². The summed E-state index contributed by atoms with van der Waals surface area (Å²) in [5, 5.41) is 3.36. The molecule has 10 heteroatoms. The molecule has 0 aromatic heterocycles. The summed E-state index contributed by atoms with van der Waals surface area (Å²) in [6.07, 6.45) is 2.80. The molecule has 160 valence electrons. The Morgan fingerprint density at radius 3 is 2.63 bits per heavy atom. The molecule has 0 spiro atoms. The lowest BCUT2D eigenvalue weighted by Gasteiger charge is -2.26. The average Bonchev–Trinajstić information content (AvgIpc) is 2.75. The molecule has 0 bridgehead atoms. The van der Waals surface area contributed by atoms with Crippen LogP contribution in [0.3, 0.4) is 0 Å². The van der Waals surface area contributed by atoms with Crippen LogP contribution in [0.4, 0.5) is 5.69 Å². The van der Waals surface area contributed by atoms with Gasteiger partial charge in [-0.2, -0.15) is 4.31 Å². The predicted octanol–water partition coefficient (Wildman–Crippen LogP) is 3.67. The molecule has 30 heavy (non-hydrogen) atoms. The summed E-state index contributed by atoms with van der Waals surface area (Å²) < 4.78 is 37.6. The number of halogens is 2. The van der Waals surface area contributed by atoms with Gasteiger partial charge in [-0.1, -0.05) is 35.3 Å². The number of carbonyl (C=O) groups excluding carboxylic acids is 1. The zero-order chi connectivity index (χ0) is 21.7. The van der Waals surface area contributed by atoms with E-state index in [1.807, 2.05) is 0 Å². The van der Waals surface area contributed by atoms with E-state index < -0.39 is 15.9 Å². The summed E-state index contributed by atoms with van der Waals surface area (Å²) in [6, 6.07) is 9.40. The summed E-state index contributed by atoms with van der Waals surface area (Å²) in [4.78, 5) is 12.5. The van der Waals surface area contributed by atoms with Gasteiger partial charge >= 0.3 is 0 Å². The lowest BCUT2D eigenvalue weighted by atomic mass is 10.2. The van der Waals surface area contributed by atoms with Crippen LogP contribution in [0.15, 0.2) is 47.4 Å². The molecule has 1 heterocycles. The van der Waals surface area contributed by atoms with Crippen molar-refractivity contribution in [2.24, 2.45) is 0 Å². The topological polar surface area (TPSA) is 84.9 Å². The summed E-state index contributed by atoms with van der Waals surface area (Å²) in [7, 11) is -2.28. The molecule has 1 aliphatic heterocycles. The molecule has 2 aromatic carbocycles. The highest BCUT2D eigenvalue weighted by molar-refractivity contribution is 7.89. The van der Waals surface area contributed by atoms with Crippen molar-refractivity contribution in [2.75, 3.05) is 38.7 Å². The molecular formula is C20H20Cl2N2O5S. The smallest absolute Gasteiger partial charge is 0.248 e. The Kier molecular flexibility index (Phi) is 7.38. The lowest BCUT2D eigenvalue weighted by Crippen LogP contribution is -2.40. The quantitative estimate of drug-likeness (QED) is 0.650. The number of sulfonamides is 1. The van der Waals surface area contributed by atoms with Gasteiger partial charge in [0.2, 0.25) is 15.9 Å². The van der Waals surface area contributed by atoms with E-state index in [1.165, 1.54) is 41.8 Å². The number of nitrogens with zero attached hydrogens (tertiary/aromatic N) is 1. The van der Waals surface area contributed by atoms with Crippen LogP contribution in [0, 0.1) is 0 Å². The van der Waals surface area contributed by atoms with Crippen molar-refractivity contribution < 1.29 is 22.7 Å². The molecule has 1 N–H and O–H groups in total. The van der Waals surface area contributed by atoms with E-state index in [0.29, 0.717) is 34.6 Å². The monoisotopic (exact) mass is 470 g/mol. The highest BCUT2D eigenvalue weighted by Crippen LogP contribution is 2.30. The maximum absolute atomic E-state index is 12.9. The first kappa shape index (κ1) is 22.6. The van der Waals surface area contributed by atoms with Crippen molar-refractivity contribution >= 4 is 50.9 Å². The van der Waals surface area contributed by atoms with E-state index in [2.05, 4.69) is 5.32 Å². The second-order valence-electron chi connectivity index (χ2n) is 6.34. The van der Waals surface area contributed by atoms with Crippen LogP contribution >= 0.6 is 23.2 Å². The van der Waals surface area contributed by atoms with Crippen LogP contribution in [-0.4, -0.2) is 52.0 Å². The number of ether oxygens (including phenoxy) is 2. The largest absolute Gasteiger partial charge is 0.495 e. The van der Waals surface area contributed by atoms with E-state index in [4.69, 9.17) is 32.7 Å². The third kappa shape index (κ3) is 5.14. The molecule has 0 saturated carbocycles. The van der Waals surface area contributed by atoms with Gasteiger partial charge in [-0.05, 0) is 35.9 Å². The molecule has 0 radical (unpaired) electrons. The van der Waals surface area contributed by atoms with Crippen LogP contribution in [0.2, 0.25) is 10.0 Å². The standard InChI is InChI=1S/C20H20Cl2N2O5S/c1-28-18-7-6-15(30(26,27)24-9-11-29-12-10-24)13-17(18)23-19(25)8-5-14-3-2-4-16(21)20(14)22/h2-8,13H,9-12H2,1H3,(H,23,25)/b8-5+. The van der Waals surface area contributed by atoms with Gasteiger partial charge < -0.3 is 14.8 Å². The Labute approximate surface area is 185 Å². The van der Waals surface area contributed by atoms with Crippen molar-refractivity contribution in [3.63, 3.8) is 0 Å². The minimum absolute atomic E-state index is 0.0577. The lowest BCUT2D eigenvalue weighted by molar-refractivity contribution is -0.111. The number of morpholine rings is 1. The molecule has 1 fully saturated rings. The molecule has 0 unspecified atom stereocenters. The van der Waals surface area contributed by atoms with Crippen LogP contribution in [0.25, 0.3) is 6.08 Å². The first-order valence-corrected chi connectivity index (χ1v) is 11.2. The SMILES string of the molecule is COc1ccc(S(=O)(=O)N2CCOCC2)cc1NC(=O)/C=C/c1cccc(Cl)c1Cl. The second-order valence-corrected chi connectivity index (χ2v) is 9.07. The summed E-state index contributed by atoms with van der Waals surface area (Å²) in [5.74, 6) is -0.149. The number of amides is 1. The maximum atomic E-state index is 12.9. The van der Waals surface area contributed by atoms with E-state index >= 15 is 0 Å². The van der Waals surface area contributed by atoms with E-state index in [-0.39, 0.29) is 23.7 Å². The maximum Gasteiger partial charge on any atom is 0.248 e. The Bertz CT molecular complexity index is 1070. The van der Waals surface area contributed by atoms with Gasteiger partial charge in [-0.3, -0.25) is 4.79 Å². The highest BCUT2D eigenvalue weighted by atomic mass is 35.5. The predicted molar refractivity (Wildman–Crippen MR) is 117 cm³/mol. The number of benzene rings is 2. The molecule has 2 aromatic rings. The van der Waals surface area contributed by atoms with Crippen molar-refractivity contribution in [1.29, 1.82) is 0 Å². The van der Waals surface area contributed by atoms with Gasteiger partial charge in [0.05, 0.1) is 41.0 Å². The zero-order valence-corrected chi connectivity index (χ0v) is 18.4. The first-order chi connectivity index (χ1) is 14.3. The first-order valence-electron chi connectivity index (χ1n) is 9.02. The summed E-state index contributed by atoms with van der Waals surface area (Å²) >= 11 is 12.1. The van der Waals surface area contributed by atoms with Crippen molar-refractivity contribution in [3.05, 3.63) is 58.1 Å². The van der Waals surface area contributed by atoms with Crippen molar-refractivity contribution in [1.82, 2.24) is 4.31 Å². The number of hydrogen-bond acceptors (Lipinski definition) is 5. The van der Waals surface area contributed by atoms with E-state index in [0.717, 1.165) is 0 Å². The minimum Gasteiger partial charge on any atom is -0.495 e. The molecule has 7 nitrogen and oxygen atoms in total. The van der Waals surface area contributed by atoms with Gasteiger partial charge in [0.1, 0.15) is 5.75 Å². The summed E-state index contributed by atoms with van der Waals surface area (Å²) in [6.45, 7) is 1.24. The number of nitrogens with one attached hydrogen (secondary N) is 1. The fourth-order valence-electron chi connectivity index (χ4n) is 2.87. The molecule has 1 amide bonds. The Hall–Kier alpha value is -2.10. The zero-order valence-electron chi connectivity index (χ0n) is 16.1. The Morgan fingerprint density at radius 2 is 1.93 bits per heavy atom. The van der Waals surface area contributed by atoms with Gasteiger partial charge in [0.15, 0.2) is 0 Å². The van der Waals surface area contributed by atoms with Crippen LogP contribution < -0.4 is 10.1 Å². The molecule has 1 aliphatic rings.